The number of thiophene rings is 1. The van der Waals surface area contributed by atoms with Gasteiger partial charge in [-0.05, 0) is 52.9 Å². The van der Waals surface area contributed by atoms with Crippen molar-refractivity contribution in [3.63, 3.8) is 0 Å². The summed E-state index contributed by atoms with van der Waals surface area (Å²) in [5.74, 6) is 0.175. The molecule has 0 aliphatic rings. The van der Waals surface area contributed by atoms with Crippen molar-refractivity contribution in [2.45, 2.75) is 0 Å². The quantitative estimate of drug-likeness (QED) is 0.330. The van der Waals surface area contributed by atoms with Gasteiger partial charge in [-0.2, -0.15) is 5.10 Å². The number of hydrazone groups is 1. The zero-order valence-electron chi connectivity index (χ0n) is 11.1. The molecule has 9 heteroatoms. The second kappa shape index (κ2) is 7.84. The molecule has 0 fully saturated rings. The maximum absolute atomic E-state index is 11.5. The van der Waals surface area contributed by atoms with Crippen molar-refractivity contribution in [2.75, 3.05) is 6.61 Å². The summed E-state index contributed by atoms with van der Waals surface area (Å²) in [6.45, 7) is -0.164. The van der Waals surface area contributed by atoms with Crippen LogP contribution in [0.3, 0.4) is 0 Å². The van der Waals surface area contributed by atoms with Crippen LogP contribution in [0.1, 0.15) is 4.88 Å². The molecular weight excluding hydrogens is 421 g/mol. The Morgan fingerprint density at radius 2 is 2.09 bits per heavy atom. The minimum absolute atomic E-state index is 0.0230. The van der Waals surface area contributed by atoms with Gasteiger partial charge < -0.3 is 4.74 Å². The number of ether oxygens (including phenoxy) is 1. The van der Waals surface area contributed by atoms with Gasteiger partial charge in [0.25, 0.3) is 5.91 Å². The third-order valence-corrected chi connectivity index (χ3v) is 4.05. The molecule has 0 aliphatic heterocycles. The predicted octanol–water partition coefficient (Wildman–Crippen LogP) is 2.79. The first-order valence-corrected chi connectivity index (χ1v) is 7.88. The summed E-state index contributed by atoms with van der Waals surface area (Å²) in [6.07, 6.45) is 1.35. The van der Waals surface area contributed by atoms with Gasteiger partial charge in [0, 0.05) is 9.64 Å². The van der Waals surface area contributed by atoms with Crippen LogP contribution < -0.4 is 10.2 Å². The monoisotopic (exact) mass is 431 g/mol. The van der Waals surface area contributed by atoms with Gasteiger partial charge >= 0.3 is 5.00 Å². The van der Waals surface area contributed by atoms with Crippen LogP contribution in [-0.4, -0.2) is 23.7 Å². The zero-order chi connectivity index (χ0) is 15.9. The number of amides is 1. The second-order valence-electron chi connectivity index (χ2n) is 3.97. The van der Waals surface area contributed by atoms with E-state index in [0.717, 1.165) is 14.9 Å². The highest BCUT2D eigenvalue weighted by molar-refractivity contribution is 14.1. The summed E-state index contributed by atoms with van der Waals surface area (Å²) < 4.78 is 6.36. The number of halogens is 1. The van der Waals surface area contributed by atoms with Crippen molar-refractivity contribution in [2.24, 2.45) is 5.10 Å². The first-order chi connectivity index (χ1) is 10.5. The van der Waals surface area contributed by atoms with Crippen LogP contribution in [0.25, 0.3) is 0 Å². The van der Waals surface area contributed by atoms with Gasteiger partial charge in [0.05, 0.1) is 16.0 Å². The lowest BCUT2D eigenvalue weighted by Crippen LogP contribution is -2.24. The van der Waals surface area contributed by atoms with E-state index < -0.39 is 10.8 Å². The Bertz CT molecular complexity index is 700. The Labute approximate surface area is 143 Å². The first kappa shape index (κ1) is 16.4. The van der Waals surface area contributed by atoms with Crippen molar-refractivity contribution in [1.82, 2.24) is 5.43 Å². The Hall–Kier alpha value is -2.01. The number of hydrogen-bond donors (Lipinski definition) is 1. The van der Waals surface area contributed by atoms with Crippen molar-refractivity contribution in [3.05, 3.63) is 55.0 Å². The third-order valence-electron chi connectivity index (χ3n) is 2.36. The molecule has 22 heavy (non-hydrogen) atoms. The van der Waals surface area contributed by atoms with E-state index in [4.69, 9.17) is 4.74 Å². The van der Waals surface area contributed by atoms with Crippen LogP contribution in [0.4, 0.5) is 5.00 Å². The molecule has 0 atom stereocenters. The lowest BCUT2D eigenvalue weighted by atomic mass is 10.3. The number of rotatable bonds is 6. The number of nitrogens with zero attached hydrogens (tertiary/aromatic N) is 2. The molecule has 2 rings (SSSR count). The topological polar surface area (TPSA) is 93.8 Å². The fraction of sp³-hybridized carbons (Fsp3) is 0.0769. The summed E-state index contributed by atoms with van der Waals surface area (Å²) in [7, 11) is 0. The molecule has 1 amide bonds. The van der Waals surface area contributed by atoms with Crippen LogP contribution in [0.5, 0.6) is 5.75 Å². The molecule has 0 spiro atoms. The number of benzene rings is 1. The summed E-state index contributed by atoms with van der Waals surface area (Å²) in [5.41, 5.74) is 2.29. The fourth-order valence-electron chi connectivity index (χ4n) is 1.39. The number of hydrogen-bond acceptors (Lipinski definition) is 6. The molecule has 7 nitrogen and oxygen atoms in total. The molecule has 2 aromatic rings. The third kappa shape index (κ3) is 5.07. The number of carbonyl (C=O) groups excluding carboxylic acids is 1. The lowest BCUT2D eigenvalue weighted by molar-refractivity contribution is -0.380. The molecule has 1 N–H and O–H groups in total. The van der Waals surface area contributed by atoms with E-state index in [1.165, 1.54) is 12.3 Å². The molecule has 1 aromatic carbocycles. The maximum Gasteiger partial charge on any atom is 0.324 e. The lowest BCUT2D eigenvalue weighted by Gasteiger charge is -2.04. The minimum Gasteiger partial charge on any atom is -0.484 e. The van der Waals surface area contributed by atoms with E-state index in [1.54, 1.807) is 18.2 Å². The fourth-order valence-corrected chi connectivity index (χ4v) is 2.44. The number of carbonyl (C=O) groups is 1. The summed E-state index contributed by atoms with van der Waals surface area (Å²) >= 11 is 3.15. The molecule has 0 bridgehead atoms. The smallest absolute Gasteiger partial charge is 0.324 e. The summed E-state index contributed by atoms with van der Waals surface area (Å²) in [4.78, 5) is 22.2. The van der Waals surface area contributed by atoms with E-state index in [1.807, 2.05) is 12.1 Å². The molecule has 1 aromatic heterocycles. The Morgan fingerprint density at radius 1 is 1.36 bits per heavy atom. The highest BCUT2D eigenvalue weighted by Crippen LogP contribution is 2.22. The molecule has 0 radical (unpaired) electrons. The maximum atomic E-state index is 11.5. The van der Waals surface area contributed by atoms with Crippen LogP contribution in [0, 0.1) is 13.7 Å². The SMILES string of the molecule is O=C(COc1ccc(I)cc1)N/N=C\c1ccc([N+](=O)[O-])s1. The Kier molecular flexibility index (Phi) is 5.83. The Morgan fingerprint density at radius 3 is 2.73 bits per heavy atom. The van der Waals surface area contributed by atoms with Gasteiger partial charge in [0.2, 0.25) is 0 Å². The molecule has 0 saturated carbocycles. The average molecular weight is 431 g/mol. The Balaban J connectivity index is 1.78. The first-order valence-electron chi connectivity index (χ1n) is 5.99. The summed E-state index contributed by atoms with van der Waals surface area (Å²) in [5, 5.41) is 14.3. The van der Waals surface area contributed by atoms with Gasteiger partial charge in [-0.1, -0.05) is 11.3 Å². The van der Waals surface area contributed by atoms with Gasteiger partial charge in [-0.3, -0.25) is 14.9 Å². The van der Waals surface area contributed by atoms with Gasteiger partial charge in [-0.15, -0.1) is 0 Å². The van der Waals surface area contributed by atoms with Crippen LogP contribution in [-0.2, 0) is 4.79 Å². The van der Waals surface area contributed by atoms with Crippen molar-refractivity contribution < 1.29 is 14.5 Å². The molecule has 0 aliphatic carbocycles. The number of nitro groups is 1. The van der Waals surface area contributed by atoms with Crippen LogP contribution in [0.2, 0.25) is 0 Å². The van der Waals surface area contributed by atoms with E-state index in [0.29, 0.717) is 10.6 Å². The van der Waals surface area contributed by atoms with E-state index in [-0.39, 0.29) is 11.6 Å². The van der Waals surface area contributed by atoms with Gasteiger partial charge in [0.15, 0.2) is 6.61 Å². The van der Waals surface area contributed by atoms with Gasteiger partial charge in [0.1, 0.15) is 5.75 Å². The highest BCUT2D eigenvalue weighted by atomic mass is 127. The second-order valence-corrected chi connectivity index (χ2v) is 6.31. The van der Waals surface area contributed by atoms with Crippen LogP contribution in [0.15, 0.2) is 41.5 Å². The molecule has 114 valence electrons. The predicted molar refractivity (Wildman–Crippen MR) is 91.4 cm³/mol. The van der Waals surface area contributed by atoms with Crippen molar-refractivity contribution >= 4 is 51.1 Å². The van der Waals surface area contributed by atoms with E-state index in [2.05, 4.69) is 33.1 Å². The average Bonchev–Trinajstić information content (AvgIpc) is 2.96. The summed E-state index contributed by atoms with van der Waals surface area (Å²) in [6, 6.07) is 10.2. The highest BCUT2D eigenvalue weighted by Gasteiger charge is 2.08. The van der Waals surface area contributed by atoms with E-state index in [9.17, 15) is 14.9 Å². The molecule has 0 unspecified atom stereocenters. The molecule has 0 saturated heterocycles. The molecular formula is C13H10IN3O4S. The number of nitrogens with one attached hydrogen (secondary N) is 1. The van der Waals surface area contributed by atoms with Crippen molar-refractivity contribution in [3.8, 4) is 5.75 Å². The normalized spacial score (nSPS) is 10.6. The standard InChI is InChI=1S/C13H10IN3O4S/c14-9-1-3-10(4-2-9)21-8-12(18)16-15-7-11-5-6-13(22-11)17(19)20/h1-7H,8H2,(H,16,18)/b15-7-. The van der Waals surface area contributed by atoms with Crippen molar-refractivity contribution in [1.29, 1.82) is 0 Å². The molecule has 1 heterocycles. The van der Waals surface area contributed by atoms with E-state index >= 15 is 0 Å². The minimum atomic E-state index is -0.477. The van der Waals surface area contributed by atoms with Gasteiger partial charge in [-0.25, -0.2) is 5.43 Å². The largest absolute Gasteiger partial charge is 0.484 e. The van der Waals surface area contributed by atoms with Crippen LogP contribution >= 0.6 is 33.9 Å². The zero-order valence-corrected chi connectivity index (χ0v) is 14.0.